The van der Waals surface area contributed by atoms with Crippen molar-refractivity contribution in [2.24, 2.45) is 0 Å². The fourth-order valence-corrected chi connectivity index (χ4v) is 4.75. The lowest BCUT2D eigenvalue weighted by molar-refractivity contribution is -0.136. The molecule has 3 heterocycles. The van der Waals surface area contributed by atoms with Gasteiger partial charge < -0.3 is 10.2 Å². The van der Waals surface area contributed by atoms with Gasteiger partial charge in [0.15, 0.2) is 0 Å². The second kappa shape index (κ2) is 8.74. The van der Waals surface area contributed by atoms with Crippen molar-refractivity contribution in [3.63, 3.8) is 0 Å². The normalized spacial score (nSPS) is 19.2. The van der Waals surface area contributed by atoms with Crippen LogP contribution in [-0.4, -0.2) is 52.0 Å². The zero-order chi connectivity index (χ0) is 23.8. The average molecular weight is 460 g/mol. The van der Waals surface area contributed by atoms with E-state index < -0.39 is 29.7 Å². The van der Waals surface area contributed by atoms with Gasteiger partial charge in [-0.1, -0.05) is 30.3 Å². The van der Waals surface area contributed by atoms with Gasteiger partial charge in [0.25, 0.3) is 11.8 Å². The summed E-state index contributed by atoms with van der Waals surface area (Å²) in [7, 11) is 0. The fourth-order valence-electron chi connectivity index (χ4n) is 4.75. The fraction of sp³-hybridized carbons (Fsp3) is 0.320. The summed E-state index contributed by atoms with van der Waals surface area (Å²) in [5.41, 5.74) is 3.74. The van der Waals surface area contributed by atoms with Gasteiger partial charge in [-0.15, -0.1) is 0 Å². The molecule has 1 atom stereocenters. The number of imide groups is 2. The molecule has 3 aliphatic rings. The SMILES string of the molecule is O=C1CCC(N2C(=O)c3ccc(CCCNC(=O)N4Cc5ccccc5C4)cc3C2=O)C(=O)N1. The van der Waals surface area contributed by atoms with Crippen LogP contribution in [0.1, 0.15) is 56.7 Å². The van der Waals surface area contributed by atoms with Crippen LogP contribution in [0.3, 0.4) is 0 Å². The summed E-state index contributed by atoms with van der Waals surface area (Å²) in [6, 6.07) is 12.0. The molecule has 6 amide bonds. The highest BCUT2D eigenvalue weighted by Gasteiger charge is 2.44. The third kappa shape index (κ3) is 3.93. The third-order valence-corrected chi connectivity index (χ3v) is 6.55. The van der Waals surface area contributed by atoms with Gasteiger partial charge in [0.2, 0.25) is 11.8 Å². The van der Waals surface area contributed by atoms with Gasteiger partial charge in [-0.2, -0.15) is 0 Å². The highest BCUT2D eigenvalue weighted by atomic mass is 16.2. The molecule has 1 saturated heterocycles. The minimum absolute atomic E-state index is 0.0876. The van der Waals surface area contributed by atoms with Crippen molar-refractivity contribution in [1.82, 2.24) is 20.4 Å². The number of hydrogen-bond acceptors (Lipinski definition) is 5. The van der Waals surface area contributed by atoms with Gasteiger partial charge in [0, 0.05) is 26.1 Å². The molecular weight excluding hydrogens is 436 g/mol. The second-order valence-electron chi connectivity index (χ2n) is 8.79. The van der Waals surface area contributed by atoms with E-state index in [2.05, 4.69) is 10.6 Å². The second-order valence-corrected chi connectivity index (χ2v) is 8.79. The molecule has 0 spiro atoms. The lowest BCUT2D eigenvalue weighted by Crippen LogP contribution is -2.54. The summed E-state index contributed by atoms with van der Waals surface area (Å²) in [6.07, 6.45) is 1.51. The van der Waals surface area contributed by atoms with E-state index in [4.69, 9.17) is 0 Å². The summed E-state index contributed by atoms with van der Waals surface area (Å²) in [5.74, 6) is -2.05. The molecule has 2 aromatic rings. The lowest BCUT2D eigenvalue weighted by atomic mass is 10.0. The van der Waals surface area contributed by atoms with Crippen molar-refractivity contribution in [3.05, 3.63) is 70.3 Å². The Morgan fingerprint density at radius 3 is 2.38 bits per heavy atom. The Morgan fingerprint density at radius 2 is 1.68 bits per heavy atom. The van der Waals surface area contributed by atoms with E-state index in [0.717, 1.165) is 10.5 Å². The van der Waals surface area contributed by atoms with Crippen molar-refractivity contribution in [3.8, 4) is 0 Å². The Bertz CT molecular complexity index is 1200. The first-order chi connectivity index (χ1) is 16.4. The summed E-state index contributed by atoms with van der Waals surface area (Å²) in [6.45, 7) is 1.69. The standard InChI is InChI=1S/C25H24N4O5/c30-21-10-9-20(22(31)27-21)29-23(32)18-8-7-15(12-19(18)24(29)33)4-3-11-26-25(34)28-13-16-5-1-2-6-17(16)14-28/h1-2,5-8,12,20H,3-4,9-11,13-14H2,(H,26,34)(H,27,30,31). The molecule has 2 aromatic carbocycles. The molecule has 5 rings (SSSR count). The Hall–Kier alpha value is -4.01. The minimum Gasteiger partial charge on any atom is -0.338 e. The van der Waals surface area contributed by atoms with Gasteiger partial charge in [-0.3, -0.25) is 29.4 Å². The monoisotopic (exact) mass is 460 g/mol. The van der Waals surface area contributed by atoms with Crippen molar-refractivity contribution >= 4 is 29.7 Å². The molecule has 0 bridgehead atoms. The molecule has 0 aliphatic carbocycles. The van der Waals surface area contributed by atoms with E-state index in [0.29, 0.717) is 32.5 Å². The van der Waals surface area contributed by atoms with Crippen molar-refractivity contribution in [1.29, 1.82) is 0 Å². The van der Waals surface area contributed by atoms with Crippen LogP contribution in [0.5, 0.6) is 0 Å². The summed E-state index contributed by atoms with van der Waals surface area (Å²) in [5, 5.41) is 5.13. The number of piperidine rings is 1. The zero-order valence-corrected chi connectivity index (χ0v) is 18.5. The van der Waals surface area contributed by atoms with E-state index in [1.54, 1.807) is 23.1 Å². The average Bonchev–Trinajstić information content (AvgIpc) is 3.36. The number of aryl methyl sites for hydroxylation is 1. The van der Waals surface area contributed by atoms with E-state index in [9.17, 15) is 24.0 Å². The van der Waals surface area contributed by atoms with Crippen LogP contribution in [0.2, 0.25) is 0 Å². The van der Waals surface area contributed by atoms with Gasteiger partial charge in [-0.05, 0) is 48.1 Å². The Morgan fingerprint density at radius 1 is 0.971 bits per heavy atom. The quantitative estimate of drug-likeness (QED) is 0.521. The predicted molar refractivity (Wildman–Crippen MR) is 121 cm³/mol. The topological polar surface area (TPSA) is 116 Å². The number of rotatable bonds is 5. The van der Waals surface area contributed by atoms with Crippen LogP contribution < -0.4 is 10.6 Å². The number of fused-ring (bicyclic) bond motifs is 2. The summed E-state index contributed by atoms with van der Waals surface area (Å²) in [4.78, 5) is 64.5. The van der Waals surface area contributed by atoms with E-state index in [1.165, 1.54) is 11.1 Å². The number of carbonyl (C=O) groups is 5. The summed E-state index contributed by atoms with van der Waals surface area (Å²) >= 11 is 0. The largest absolute Gasteiger partial charge is 0.338 e. The minimum atomic E-state index is -0.972. The molecule has 9 heteroatoms. The maximum atomic E-state index is 12.9. The molecule has 0 radical (unpaired) electrons. The first-order valence-corrected chi connectivity index (χ1v) is 11.4. The molecule has 34 heavy (non-hydrogen) atoms. The van der Waals surface area contributed by atoms with Crippen LogP contribution in [0.25, 0.3) is 0 Å². The number of hydrogen-bond donors (Lipinski definition) is 2. The Balaban J connectivity index is 1.16. The zero-order valence-electron chi connectivity index (χ0n) is 18.5. The molecule has 0 aromatic heterocycles. The number of amides is 6. The molecule has 2 N–H and O–H groups in total. The highest BCUT2D eigenvalue weighted by Crippen LogP contribution is 2.28. The first-order valence-electron chi connectivity index (χ1n) is 11.4. The first kappa shape index (κ1) is 21.8. The molecule has 9 nitrogen and oxygen atoms in total. The molecule has 1 unspecified atom stereocenters. The van der Waals surface area contributed by atoms with E-state index in [-0.39, 0.29) is 30.0 Å². The number of urea groups is 1. The number of nitrogens with one attached hydrogen (secondary N) is 2. The van der Waals surface area contributed by atoms with Crippen LogP contribution in [0.4, 0.5) is 4.79 Å². The molecular formula is C25H24N4O5. The molecule has 3 aliphatic heterocycles. The lowest BCUT2D eigenvalue weighted by Gasteiger charge is -2.27. The maximum absolute atomic E-state index is 12.9. The third-order valence-electron chi connectivity index (χ3n) is 6.55. The Labute approximate surface area is 196 Å². The molecule has 174 valence electrons. The van der Waals surface area contributed by atoms with Crippen LogP contribution >= 0.6 is 0 Å². The number of nitrogens with zero attached hydrogens (tertiary/aromatic N) is 2. The Kier molecular flexibility index (Phi) is 5.61. The molecule has 1 fully saturated rings. The van der Waals surface area contributed by atoms with Crippen molar-refractivity contribution in [2.45, 2.75) is 44.8 Å². The van der Waals surface area contributed by atoms with Gasteiger partial charge in [0.1, 0.15) is 6.04 Å². The van der Waals surface area contributed by atoms with Gasteiger partial charge >= 0.3 is 6.03 Å². The van der Waals surface area contributed by atoms with Gasteiger partial charge in [-0.25, -0.2) is 4.79 Å². The van der Waals surface area contributed by atoms with Gasteiger partial charge in [0.05, 0.1) is 11.1 Å². The highest BCUT2D eigenvalue weighted by molar-refractivity contribution is 6.23. The summed E-state index contributed by atoms with van der Waals surface area (Å²) < 4.78 is 0. The van der Waals surface area contributed by atoms with Crippen LogP contribution in [0, 0.1) is 0 Å². The van der Waals surface area contributed by atoms with Crippen LogP contribution in [-0.2, 0) is 29.1 Å². The van der Waals surface area contributed by atoms with Crippen LogP contribution in [0.15, 0.2) is 42.5 Å². The number of carbonyl (C=O) groups excluding carboxylic acids is 5. The predicted octanol–water partition coefficient (Wildman–Crippen LogP) is 1.75. The molecule has 0 saturated carbocycles. The maximum Gasteiger partial charge on any atom is 0.318 e. The number of benzene rings is 2. The van der Waals surface area contributed by atoms with E-state index in [1.807, 2.05) is 24.3 Å². The van der Waals surface area contributed by atoms with Crippen molar-refractivity contribution in [2.75, 3.05) is 6.54 Å². The smallest absolute Gasteiger partial charge is 0.318 e. The van der Waals surface area contributed by atoms with Crippen molar-refractivity contribution < 1.29 is 24.0 Å². The van der Waals surface area contributed by atoms with E-state index >= 15 is 0 Å².